The molecule has 2 aromatic rings. The van der Waals surface area contributed by atoms with Gasteiger partial charge in [0.25, 0.3) is 9.05 Å². The molecule has 0 heterocycles. The minimum absolute atomic E-state index is 0.0611. The summed E-state index contributed by atoms with van der Waals surface area (Å²) in [5.41, 5.74) is 0. The Kier molecular flexibility index (Phi) is 3.99. The maximum Gasteiger partial charge on any atom is 0.261 e. The summed E-state index contributed by atoms with van der Waals surface area (Å²) in [6.45, 7) is 0. The molecule has 0 fully saturated rings. The smallest absolute Gasteiger partial charge is 0.261 e. The van der Waals surface area contributed by atoms with Gasteiger partial charge in [-0.3, -0.25) is 0 Å². The van der Waals surface area contributed by atoms with Crippen molar-refractivity contribution in [3.05, 3.63) is 53.3 Å². The van der Waals surface area contributed by atoms with Crippen molar-refractivity contribution in [2.24, 2.45) is 0 Å². The third kappa shape index (κ3) is 3.59. The summed E-state index contributed by atoms with van der Waals surface area (Å²) in [6, 6.07) is 9.26. The molecule has 3 nitrogen and oxygen atoms in total. The first-order chi connectivity index (χ1) is 8.86. The Morgan fingerprint density at radius 3 is 2.42 bits per heavy atom. The maximum atomic E-state index is 13.0. The Morgan fingerprint density at radius 1 is 1.11 bits per heavy atom. The Hall–Kier alpha value is -1.30. The van der Waals surface area contributed by atoms with Gasteiger partial charge in [-0.25, -0.2) is 12.8 Å². The summed E-state index contributed by atoms with van der Waals surface area (Å²) < 4.78 is 40.6. The molecule has 7 heteroatoms. The summed E-state index contributed by atoms with van der Waals surface area (Å²) in [4.78, 5) is -0.134. The van der Waals surface area contributed by atoms with Gasteiger partial charge in [-0.2, -0.15) is 0 Å². The van der Waals surface area contributed by atoms with Gasteiger partial charge in [0.05, 0.1) is 9.92 Å². The zero-order valence-corrected chi connectivity index (χ0v) is 11.6. The minimum atomic E-state index is -3.85. The fraction of sp³-hybridized carbons (Fsp3) is 0. The van der Waals surface area contributed by atoms with Crippen molar-refractivity contribution in [2.45, 2.75) is 4.90 Å². The lowest BCUT2D eigenvalue weighted by Crippen LogP contribution is -1.92. The topological polar surface area (TPSA) is 43.4 Å². The van der Waals surface area contributed by atoms with Crippen molar-refractivity contribution in [1.29, 1.82) is 0 Å². The maximum absolute atomic E-state index is 13.0. The van der Waals surface area contributed by atoms with Crippen LogP contribution in [0.25, 0.3) is 0 Å². The Labute approximate surface area is 119 Å². The van der Waals surface area contributed by atoms with Crippen LogP contribution >= 0.6 is 22.3 Å². The van der Waals surface area contributed by atoms with E-state index in [4.69, 9.17) is 27.0 Å². The van der Waals surface area contributed by atoms with Crippen molar-refractivity contribution >= 4 is 31.3 Å². The highest BCUT2D eigenvalue weighted by molar-refractivity contribution is 8.13. The summed E-state index contributed by atoms with van der Waals surface area (Å²) >= 11 is 5.88. The number of ether oxygens (including phenoxy) is 1. The summed E-state index contributed by atoms with van der Waals surface area (Å²) in [5, 5.41) is 0.0611. The molecular formula is C12H7Cl2FO3S. The van der Waals surface area contributed by atoms with Crippen LogP contribution in [0.1, 0.15) is 0 Å². The highest BCUT2D eigenvalue weighted by atomic mass is 35.7. The zero-order chi connectivity index (χ0) is 14.0. The molecule has 0 aromatic heterocycles. The van der Waals surface area contributed by atoms with E-state index < -0.39 is 14.9 Å². The van der Waals surface area contributed by atoms with Gasteiger partial charge in [0.1, 0.15) is 17.3 Å². The highest BCUT2D eigenvalue weighted by Gasteiger charge is 2.13. The van der Waals surface area contributed by atoms with Crippen molar-refractivity contribution in [3.8, 4) is 11.5 Å². The Bertz CT molecular complexity index is 717. The molecule has 0 radical (unpaired) electrons. The largest absolute Gasteiger partial charge is 0.456 e. The average molecular weight is 321 g/mol. The average Bonchev–Trinajstić information content (AvgIpc) is 2.30. The molecule has 0 aliphatic rings. The second-order valence-corrected chi connectivity index (χ2v) is 6.56. The van der Waals surface area contributed by atoms with Crippen LogP contribution in [-0.2, 0) is 9.05 Å². The van der Waals surface area contributed by atoms with E-state index in [0.717, 1.165) is 0 Å². The van der Waals surface area contributed by atoms with Crippen LogP contribution < -0.4 is 4.74 Å². The number of rotatable bonds is 3. The molecule has 2 rings (SSSR count). The summed E-state index contributed by atoms with van der Waals surface area (Å²) in [7, 11) is 1.34. The van der Waals surface area contributed by atoms with E-state index >= 15 is 0 Å². The molecule has 0 bridgehead atoms. The van der Waals surface area contributed by atoms with E-state index in [1.807, 2.05) is 0 Å². The standard InChI is InChI=1S/C12H7Cl2FO3S/c13-11-7-10(19(14,16)17)4-5-12(11)18-9-3-1-2-8(15)6-9/h1-7H. The highest BCUT2D eigenvalue weighted by Crippen LogP contribution is 2.32. The quantitative estimate of drug-likeness (QED) is 0.796. The van der Waals surface area contributed by atoms with Crippen LogP contribution in [0.15, 0.2) is 47.4 Å². The molecule has 0 aliphatic heterocycles. The monoisotopic (exact) mass is 320 g/mol. The minimum Gasteiger partial charge on any atom is -0.456 e. The van der Waals surface area contributed by atoms with Crippen LogP contribution in [0.3, 0.4) is 0 Å². The molecule has 0 unspecified atom stereocenters. The molecule has 0 saturated heterocycles. The van der Waals surface area contributed by atoms with Gasteiger partial charge in [0, 0.05) is 16.7 Å². The van der Waals surface area contributed by atoms with E-state index in [1.165, 1.54) is 36.4 Å². The normalized spacial score (nSPS) is 11.3. The van der Waals surface area contributed by atoms with E-state index in [9.17, 15) is 12.8 Å². The molecule has 0 atom stereocenters. The molecule has 0 spiro atoms. The lowest BCUT2D eigenvalue weighted by molar-refractivity contribution is 0.476. The summed E-state index contributed by atoms with van der Waals surface area (Å²) in [5.74, 6) is 0.00768. The van der Waals surface area contributed by atoms with Crippen molar-refractivity contribution < 1.29 is 17.5 Å². The molecule has 19 heavy (non-hydrogen) atoms. The van der Waals surface area contributed by atoms with Gasteiger partial charge < -0.3 is 4.74 Å². The van der Waals surface area contributed by atoms with Gasteiger partial charge in [-0.05, 0) is 30.3 Å². The predicted molar refractivity (Wildman–Crippen MR) is 71.0 cm³/mol. The molecule has 0 aliphatic carbocycles. The lowest BCUT2D eigenvalue weighted by atomic mass is 10.3. The van der Waals surface area contributed by atoms with E-state index in [1.54, 1.807) is 6.07 Å². The molecule has 0 amide bonds. The second kappa shape index (κ2) is 5.36. The lowest BCUT2D eigenvalue weighted by Gasteiger charge is -2.08. The van der Waals surface area contributed by atoms with Crippen LogP contribution in [0.2, 0.25) is 5.02 Å². The Morgan fingerprint density at radius 2 is 1.84 bits per heavy atom. The number of benzene rings is 2. The van der Waals surface area contributed by atoms with Crippen molar-refractivity contribution in [2.75, 3.05) is 0 Å². The van der Waals surface area contributed by atoms with Gasteiger partial charge in [0.2, 0.25) is 0 Å². The molecule has 0 N–H and O–H groups in total. The SMILES string of the molecule is O=S(=O)(Cl)c1ccc(Oc2cccc(F)c2)c(Cl)c1. The van der Waals surface area contributed by atoms with Crippen molar-refractivity contribution in [3.63, 3.8) is 0 Å². The molecular weight excluding hydrogens is 314 g/mol. The Balaban J connectivity index is 2.32. The molecule has 2 aromatic carbocycles. The predicted octanol–water partition coefficient (Wildman–Crippen LogP) is 4.20. The molecule has 0 saturated carbocycles. The fourth-order valence-corrected chi connectivity index (χ4v) is 2.43. The van der Waals surface area contributed by atoms with Crippen molar-refractivity contribution in [1.82, 2.24) is 0 Å². The van der Waals surface area contributed by atoms with E-state index in [-0.39, 0.29) is 21.4 Å². The first-order valence-corrected chi connectivity index (χ1v) is 7.72. The van der Waals surface area contributed by atoms with Crippen LogP contribution in [0.5, 0.6) is 11.5 Å². The third-order valence-corrected chi connectivity index (χ3v) is 3.86. The van der Waals surface area contributed by atoms with Crippen LogP contribution in [0, 0.1) is 5.82 Å². The van der Waals surface area contributed by atoms with Gasteiger partial charge in [-0.15, -0.1) is 0 Å². The van der Waals surface area contributed by atoms with Crippen LogP contribution in [-0.4, -0.2) is 8.42 Å². The number of hydrogen-bond acceptors (Lipinski definition) is 3. The van der Waals surface area contributed by atoms with Gasteiger partial charge in [0.15, 0.2) is 0 Å². The van der Waals surface area contributed by atoms with Crippen LogP contribution in [0.4, 0.5) is 4.39 Å². The zero-order valence-electron chi connectivity index (χ0n) is 9.31. The van der Waals surface area contributed by atoms with E-state index in [0.29, 0.717) is 0 Å². The first kappa shape index (κ1) is 14.1. The second-order valence-electron chi connectivity index (χ2n) is 3.59. The van der Waals surface area contributed by atoms with Gasteiger partial charge >= 0.3 is 0 Å². The number of hydrogen-bond donors (Lipinski definition) is 0. The first-order valence-electron chi connectivity index (χ1n) is 5.04. The summed E-state index contributed by atoms with van der Waals surface area (Å²) in [6.07, 6.45) is 0. The number of halogens is 3. The third-order valence-electron chi connectivity index (χ3n) is 2.21. The molecule has 100 valence electrons. The fourth-order valence-electron chi connectivity index (χ4n) is 1.37. The van der Waals surface area contributed by atoms with E-state index in [2.05, 4.69) is 0 Å². The van der Waals surface area contributed by atoms with Gasteiger partial charge in [-0.1, -0.05) is 17.7 Å².